The molecule has 1 aromatic rings. The average Bonchev–Trinajstić information content (AvgIpc) is 2.16. The van der Waals surface area contributed by atoms with Crippen molar-refractivity contribution in [1.82, 2.24) is 15.0 Å². The van der Waals surface area contributed by atoms with Gasteiger partial charge in [0.15, 0.2) is 5.16 Å². The van der Waals surface area contributed by atoms with Crippen LogP contribution in [0.25, 0.3) is 0 Å². The van der Waals surface area contributed by atoms with Gasteiger partial charge in [-0.15, -0.1) is 0 Å². The van der Waals surface area contributed by atoms with Gasteiger partial charge in [-0.1, -0.05) is 18.7 Å². The second-order valence-electron chi connectivity index (χ2n) is 2.56. The molecule has 0 aromatic carbocycles. The summed E-state index contributed by atoms with van der Waals surface area (Å²) < 4.78 is 26.3. The van der Waals surface area contributed by atoms with E-state index in [0.29, 0.717) is 0 Å². The van der Waals surface area contributed by atoms with Gasteiger partial charge in [0.25, 0.3) is 0 Å². The quantitative estimate of drug-likeness (QED) is 0.785. The summed E-state index contributed by atoms with van der Waals surface area (Å²) >= 11 is 1.15. The lowest BCUT2D eigenvalue weighted by atomic mass is 10.2. The summed E-state index contributed by atoms with van der Waals surface area (Å²) in [6.45, 7) is 1.36. The molecule has 0 aliphatic heterocycles. The number of thioether (sulfide) groups is 1. The van der Waals surface area contributed by atoms with Gasteiger partial charge in [-0.05, 0) is 6.26 Å². The summed E-state index contributed by atoms with van der Waals surface area (Å²) in [5, 5.41) is 0.209. The maximum atomic E-state index is 13.2. The van der Waals surface area contributed by atoms with Gasteiger partial charge in [0.05, 0.1) is 0 Å². The molecule has 0 amide bonds. The van der Waals surface area contributed by atoms with Gasteiger partial charge in [-0.2, -0.15) is 18.7 Å². The topological polar surface area (TPSA) is 64.7 Å². The first-order valence-electron chi connectivity index (χ1n) is 3.93. The van der Waals surface area contributed by atoms with Crippen LogP contribution in [0, 0.1) is 0 Å². The van der Waals surface area contributed by atoms with Crippen LogP contribution < -0.4 is 5.73 Å². The van der Waals surface area contributed by atoms with Crippen molar-refractivity contribution in [3.63, 3.8) is 0 Å². The minimum atomic E-state index is -3.04. The van der Waals surface area contributed by atoms with Crippen LogP contribution in [-0.4, -0.2) is 21.2 Å². The SMILES string of the molecule is CCC(F)(F)c1nc(N)nc(SC)n1. The van der Waals surface area contributed by atoms with E-state index in [-0.39, 0.29) is 17.5 Å². The number of aromatic nitrogens is 3. The fourth-order valence-corrected chi connectivity index (χ4v) is 1.15. The van der Waals surface area contributed by atoms with Gasteiger partial charge in [0.1, 0.15) is 0 Å². The number of anilines is 1. The Morgan fingerprint density at radius 3 is 2.50 bits per heavy atom. The van der Waals surface area contributed by atoms with Crippen molar-refractivity contribution in [2.75, 3.05) is 12.0 Å². The van der Waals surface area contributed by atoms with E-state index < -0.39 is 11.7 Å². The van der Waals surface area contributed by atoms with Gasteiger partial charge < -0.3 is 5.73 Å². The van der Waals surface area contributed by atoms with Crippen molar-refractivity contribution in [3.8, 4) is 0 Å². The molecule has 0 bridgehead atoms. The van der Waals surface area contributed by atoms with Gasteiger partial charge in [0.2, 0.25) is 11.8 Å². The number of nitrogen functional groups attached to an aromatic ring is 1. The fourth-order valence-electron chi connectivity index (χ4n) is 0.785. The molecule has 1 aromatic heterocycles. The maximum Gasteiger partial charge on any atom is 0.306 e. The predicted molar refractivity (Wildman–Crippen MR) is 50.2 cm³/mol. The highest BCUT2D eigenvalue weighted by Gasteiger charge is 2.33. The molecule has 2 N–H and O–H groups in total. The van der Waals surface area contributed by atoms with Crippen LogP contribution in [0.5, 0.6) is 0 Å². The van der Waals surface area contributed by atoms with Crippen molar-refractivity contribution >= 4 is 17.7 Å². The van der Waals surface area contributed by atoms with Crippen LogP contribution in [0.2, 0.25) is 0 Å². The first kappa shape index (κ1) is 11.1. The Balaban J connectivity index is 3.15. The third kappa shape index (κ3) is 2.28. The molecule has 0 spiro atoms. The molecule has 4 nitrogen and oxygen atoms in total. The Morgan fingerprint density at radius 2 is 2.00 bits per heavy atom. The van der Waals surface area contributed by atoms with Crippen LogP contribution in [-0.2, 0) is 5.92 Å². The number of rotatable bonds is 3. The Hall–Kier alpha value is -0.980. The first-order valence-corrected chi connectivity index (χ1v) is 5.16. The predicted octanol–water partition coefficient (Wildman–Crippen LogP) is 1.68. The van der Waals surface area contributed by atoms with Crippen molar-refractivity contribution in [2.24, 2.45) is 0 Å². The molecule has 1 rings (SSSR count). The van der Waals surface area contributed by atoms with Crippen LogP contribution in [0.15, 0.2) is 5.16 Å². The van der Waals surface area contributed by atoms with Gasteiger partial charge in [-0.3, -0.25) is 0 Å². The van der Waals surface area contributed by atoms with E-state index >= 15 is 0 Å². The summed E-state index contributed by atoms with van der Waals surface area (Å²) in [6, 6.07) is 0. The van der Waals surface area contributed by atoms with E-state index in [0.717, 1.165) is 11.8 Å². The number of halogens is 2. The summed E-state index contributed by atoms with van der Waals surface area (Å²) in [5.74, 6) is -3.77. The smallest absolute Gasteiger partial charge is 0.306 e. The summed E-state index contributed by atoms with van der Waals surface area (Å²) in [7, 11) is 0. The fraction of sp³-hybridized carbons (Fsp3) is 0.571. The number of nitrogens with zero attached hydrogens (tertiary/aromatic N) is 3. The standard InChI is InChI=1S/C7H10F2N4S/c1-3-7(8,9)4-11-5(10)13-6(12-4)14-2/h3H2,1-2H3,(H2,10,11,12,13). The molecule has 0 fully saturated rings. The molecule has 0 unspecified atom stereocenters. The number of nitrogens with two attached hydrogens (primary N) is 1. The zero-order chi connectivity index (χ0) is 10.8. The van der Waals surface area contributed by atoms with Crippen molar-refractivity contribution in [3.05, 3.63) is 5.82 Å². The zero-order valence-corrected chi connectivity index (χ0v) is 8.61. The van der Waals surface area contributed by atoms with Gasteiger partial charge in [-0.25, -0.2) is 4.98 Å². The Kier molecular flexibility index (Phi) is 3.20. The van der Waals surface area contributed by atoms with E-state index in [4.69, 9.17) is 5.73 Å². The zero-order valence-electron chi connectivity index (χ0n) is 7.79. The minimum Gasteiger partial charge on any atom is -0.368 e. The van der Waals surface area contributed by atoms with E-state index in [2.05, 4.69) is 15.0 Å². The molecule has 1 heterocycles. The molecule has 0 radical (unpaired) electrons. The lowest BCUT2D eigenvalue weighted by Gasteiger charge is -2.12. The molecular formula is C7H10F2N4S. The van der Waals surface area contributed by atoms with E-state index in [1.807, 2.05) is 0 Å². The van der Waals surface area contributed by atoms with Crippen LogP contribution in [0.3, 0.4) is 0 Å². The van der Waals surface area contributed by atoms with Crippen LogP contribution in [0.4, 0.5) is 14.7 Å². The first-order chi connectivity index (χ1) is 6.49. The molecule has 14 heavy (non-hydrogen) atoms. The Labute approximate surface area is 84.3 Å². The lowest BCUT2D eigenvalue weighted by molar-refractivity contribution is -0.0183. The number of hydrogen-bond donors (Lipinski definition) is 1. The molecular weight excluding hydrogens is 210 g/mol. The highest BCUT2D eigenvalue weighted by molar-refractivity contribution is 7.98. The minimum absolute atomic E-state index is 0.174. The highest BCUT2D eigenvalue weighted by atomic mass is 32.2. The summed E-state index contributed by atoms with van der Waals surface area (Å²) in [4.78, 5) is 10.7. The van der Waals surface area contributed by atoms with Crippen molar-refractivity contribution < 1.29 is 8.78 Å². The van der Waals surface area contributed by atoms with Crippen LogP contribution in [0.1, 0.15) is 19.2 Å². The molecule has 0 atom stereocenters. The van der Waals surface area contributed by atoms with Crippen molar-refractivity contribution in [2.45, 2.75) is 24.4 Å². The lowest BCUT2D eigenvalue weighted by Crippen LogP contribution is -2.18. The molecule has 7 heteroatoms. The van der Waals surface area contributed by atoms with E-state index in [9.17, 15) is 8.78 Å². The normalized spacial score (nSPS) is 11.7. The van der Waals surface area contributed by atoms with E-state index in [1.165, 1.54) is 6.92 Å². The largest absolute Gasteiger partial charge is 0.368 e. The average molecular weight is 220 g/mol. The Morgan fingerprint density at radius 1 is 1.36 bits per heavy atom. The third-order valence-corrected chi connectivity index (χ3v) is 2.13. The van der Waals surface area contributed by atoms with Crippen molar-refractivity contribution in [1.29, 1.82) is 0 Å². The molecule has 0 aliphatic carbocycles. The molecule has 78 valence electrons. The number of alkyl halides is 2. The second kappa shape index (κ2) is 4.04. The number of hydrogen-bond acceptors (Lipinski definition) is 5. The van der Waals surface area contributed by atoms with Crippen LogP contribution >= 0.6 is 11.8 Å². The third-order valence-electron chi connectivity index (χ3n) is 1.59. The summed E-state index contributed by atoms with van der Waals surface area (Å²) in [6.07, 6.45) is 1.33. The van der Waals surface area contributed by atoms with Gasteiger partial charge >= 0.3 is 5.92 Å². The van der Waals surface area contributed by atoms with E-state index in [1.54, 1.807) is 6.26 Å². The molecule has 0 saturated heterocycles. The second-order valence-corrected chi connectivity index (χ2v) is 3.34. The molecule has 0 aliphatic rings. The highest BCUT2D eigenvalue weighted by Crippen LogP contribution is 2.29. The Bertz CT molecular complexity index is 331. The van der Waals surface area contributed by atoms with Gasteiger partial charge in [0, 0.05) is 6.42 Å². The molecule has 0 saturated carbocycles. The maximum absolute atomic E-state index is 13.2. The monoisotopic (exact) mass is 220 g/mol. The summed E-state index contributed by atoms with van der Waals surface area (Å²) in [5.41, 5.74) is 5.28.